The molecule has 0 unspecified atom stereocenters. The molecule has 2 aromatic rings. The van der Waals surface area contributed by atoms with E-state index in [-0.39, 0.29) is 125 Å². The predicted octanol–water partition coefficient (Wildman–Crippen LogP) is 0.194. The molecule has 0 amide bonds. The summed E-state index contributed by atoms with van der Waals surface area (Å²) in [5.41, 5.74) is -0.704. The fraction of sp³-hybridized carbons (Fsp3) is 0. The van der Waals surface area contributed by atoms with E-state index in [1.54, 1.807) is 0 Å². The number of rotatable bonds is 2. The van der Waals surface area contributed by atoms with Crippen molar-refractivity contribution < 1.29 is 35.5 Å². The van der Waals surface area contributed by atoms with Crippen LogP contribution < -0.4 is 0 Å². The van der Waals surface area contributed by atoms with Gasteiger partial charge in [-0.2, -0.15) is 16.8 Å². The predicted molar refractivity (Wildman–Crippen MR) is 90.9 cm³/mol. The molecule has 2 aromatic carbocycles. The summed E-state index contributed by atoms with van der Waals surface area (Å²) in [6.07, 6.45) is 0. The fourth-order valence-corrected chi connectivity index (χ4v) is 3.44. The van der Waals surface area contributed by atoms with Crippen molar-refractivity contribution in [3.63, 3.8) is 0 Å². The summed E-state index contributed by atoms with van der Waals surface area (Å²) in [5, 5.41) is 0. The Bertz CT molecular complexity index is 1050. The fourth-order valence-electron chi connectivity index (χ4n) is 2.43. The molecule has 2 radical (unpaired) electrons. The molecule has 8 nitrogen and oxygen atoms in total. The van der Waals surface area contributed by atoms with Gasteiger partial charge in [0, 0.05) is 125 Å². The second-order valence-corrected chi connectivity index (χ2v) is 7.87. The minimum atomic E-state index is -4.56. The van der Waals surface area contributed by atoms with Gasteiger partial charge in [0.15, 0.2) is 11.6 Å². The summed E-state index contributed by atoms with van der Waals surface area (Å²) in [4.78, 5) is 23.8. The zero-order valence-electron chi connectivity index (χ0n) is 13.6. The minimum Gasteiger partial charge on any atom is -0.289 e. The van der Waals surface area contributed by atoms with Crippen molar-refractivity contribution in [2.75, 3.05) is 0 Å². The average Bonchev–Trinajstić information content (AvgIpc) is 2.49. The quantitative estimate of drug-likeness (QED) is 0.420. The number of carbonyl (C=O) groups excluding carboxylic acids is 2. The second kappa shape index (κ2) is 8.71. The normalized spacial score (nSPS) is 13.2. The molecule has 0 saturated heterocycles. The summed E-state index contributed by atoms with van der Waals surface area (Å²) >= 11 is 0. The van der Waals surface area contributed by atoms with Crippen LogP contribution >= 0.6 is 0 Å². The first-order valence-electron chi connectivity index (χ1n) is 6.32. The molecule has 1 aliphatic carbocycles. The van der Waals surface area contributed by atoms with Gasteiger partial charge in [-0.05, 0) is 36.4 Å². The maximum absolute atomic E-state index is 12.5. The number of benzene rings is 2. The van der Waals surface area contributed by atoms with Crippen molar-refractivity contribution in [3.8, 4) is 0 Å². The summed E-state index contributed by atoms with van der Waals surface area (Å²) in [7, 11) is -9.11. The van der Waals surface area contributed by atoms with Crippen LogP contribution in [-0.2, 0) is 20.2 Å². The van der Waals surface area contributed by atoms with Crippen molar-refractivity contribution in [2.24, 2.45) is 0 Å². The van der Waals surface area contributed by atoms with Crippen LogP contribution in [0, 0.1) is 0 Å². The van der Waals surface area contributed by atoms with Gasteiger partial charge in [-0.15, -0.1) is 0 Å². The molecule has 0 aliphatic heterocycles. The molecule has 0 heterocycles. The maximum Gasteiger partial charge on any atom is 0.294 e. The largest absolute Gasteiger partial charge is 0.294 e. The molecule has 12 heteroatoms. The summed E-state index contributed by atoms with van der Waals surface area (Å²) in [6, 6.07) is 5.78. The molecule has 3 rings (SSSR count). The van der Waals surface area contributed by atoms with Crippen LogP contribution in [0.5, 0.6) is 0 Å². The van der Waals surface area contributed by atoms with Crippen LogP contribution in [0.4, 0.5) is 0 Å². The zero-order valence-corrected chi connectivity index (χ0v) is 21.5. The van der Waals surface area contributed by atoms with E-state index in [1.165, 1.54) is 0 Å². The van der Waals surface area contributed by atoms with Crippen LogP contribution in [0.1, 0.15) is 31.8 Å². The Labute approximate surface area is 234 Å². The molecular formula is C14H8K2O8S2. The second-order valence-electron chi connectivity index (χ2n) is 5.02. The first kappa shape index (κ1) is 24.9. The van der Waals surface area contributed by atoms with Gasteiger partial charge >= 0.3 is 0 Å². The number of hydrogen-bond acceptors (Lipinski definition) is 6. The Kier molecular flexibility index (Phi) is 8.34. The van der Waals surface area contributed by atoms with Gasteiger partial charge in [-0.25, -0.2) is 0 Å². The van der Waals surface area contributed by atoms with Gasteiger partial charge in [0.25, 0.3) is 20.2 Å². The Morgan fingerprint density at radius 3 is 1.15 bits per heavy atom. The molecule has 2 N–H and O–H groups in total. The van der Waals surface area contributed by atoms with Gasteiger partial charge < -0.3 is 0 Å². The van der Waals surface area contributed by atoms with Crippen molar-refractivity contribution in [2.45, 2.75) is 9.79 Å². The number of ketones is 2. The van der Waals surface area contributed by atoms with Gasteiger partial charge in [0.2, 0.25) is 0 Å². The summed E-state index contributed by atoms with van der Waals surface area (Å²) < 4.78 is 62.8. The van der Waals surface area contributed by atoms with E-state index in [4.69, 9.17) is 9.11 Å². The molecule has 0 fully saturated rings. The molecule has 0 bridgehead atoms. The van der Waals surface area contributed by atoms with Gasteiger partial charge in [-0.1, -0.05) is 0 Å². The van der Waals surface area contributed by atoms with Gasteiger partial charge in [0.05, 0.1) is 9.79 Å². The Morgan fingerprint density at radius 1 is 0.577 bits per heavy atom. The third-order valence-electron chi connectivity index (χ3n) is 3.56. The average molecular weight is 447 g/mol. The van der Waals surface area contributed by atoms with Crippen molar-refractivity contribution in [3.05, 3.63) is 58.7 Å². The number of hydrogen-bond donors (Lipinski definition) is 2. The first-order chi connectivity index (χ1) is 11.0. The van der Waals surface area contributed by atoms with Crippen molar-refractivity contribution >= 4 is 135 Å². The van der Waals surface area contributed by atoms with Crippen LogP contribution in [0.3, 0.4) is 0 Å². The van der Waals surface area contributed by atoms with E-state index in [9.17, 15) is 26.4 Å². The van der Waals surface area contributed by atoms with E-state index in [1.807, 2.05) is 0 Å². The number of fused-ring (bicyclic) bond motifs is 2. The first-order valence-corrected chi connectivity index (χ1v) is 9.20. The molecule has 1 aliphatic rings. The maximum atomic E-state index is 12.5. The van der Waals surface area contributed by atoms with Gasteiger partial charge in [0.1, 0.15) is 0 Å². The molecule has 0 saturated carbocycles. The molecular weight excluding hydrogens is 438 g/mol. The van der Waals surface area contributed by atoms with E-state index >= 15 is 0 Å². The van der Waals surface area contributed by atoms with E-state index in [0.717, 1.165) is 36.4 Å². The summed E-state index contributed by atoms with van der Waals surface area (Å²) in [6.45, 7) is 0. The third kappa shape index (κ3) is 4.71. The molecule has 126 valence electrons. The van der Waals surface area contributed by atoms with Crippen LogP contribution in [-0.4, -0.2) is 140 Å². The molecule has 26 heavy (non-hydrogen) atoms. The van der Waals surface area contributed by atoms with E-state index < -0.39 is 41.6 Å². The topological polar surface area (TPSA) is 143 Å². The summed E-state index contributed by atoms with van der Waals surface area (Å²) in [5.74, 6) is -1.40. The molecule has 0 spiro atoms. The van der Waals surface area contributed by atoms with Crippen LogP contribution in [0.2, 0.25) is 0 Å². The SMILES string of the molecule is O=C1c2ccc(S(=O)(=O)O)cc2C(=O)c2ccc(S(=O)(=O)O)cc21.[K].[K]. The third-order valence-corrected chi connectivity index (χ3v) is 5.26. The monoisotopic (exact) mass is 446 g/mol. The van der Waals surface area contributed by atoms with Crippen LogP contribution in [0.25, 0.3) is 0 Å². The molecule has 0 atom stereocenters. The minimum absolute atomic E-state index is 0. The zero-order chi connectivity index (χ0) is 17.9. The van der Waals surface area contributed by atoms with Crippen LogP contribution in [0.15, 0.2) is 46.2 Å². The number of carbonyl (C=O) groups is 2. The van der Waals surface area contributed by atoms with Crippen molar-refractivity contribution in [1.29, 1.82) is 0 Å². The Morgan fingerprint density at radius 2 is 0.885 bits per heavy atom. The van der Waals surface area contributed by atoms with Crippen molar-refractivity contribution in [1.82, 2.24) is 0 Å². The standard InChI is InChI=1S/C14H8O8S2.2K/c15-13-9-3-1-7(23(17,18)19)5-11(9)14(16)10-4-2-8(6-12(10)13)24(20,21)22;;/h1-6H,(H,17,18,19)(H,20,21,22);;. The van der Waals surface area contributed by atoms with E-state index in [0.29, 0.717) is 0 Å². The molecule has 0 aromatic heterocycles. The van der Waals surface area contributed by atoms with E-state index in [2.05, 4.69) is 0 Å². The Balaban J connectivity index is 0.00000169. The smallest absolute Gasteiger partial charge is 0.289 e. The Hall–Kier alpha value is 0.873. The van der Waals surface area contributed by atoms with Gasteiger partial charge in [-0.3, -0.25) is 18.7 Å².